The van der Waals surface area contributed by atoms with E-state index in [2.05, 4.69) is 10.1 Å². The average molecular weight is 354 g/mol. The van der Waals surface area contributed by atoms with Gasteiger partial charge in [-0.25, -0.2) is 0 Å². The number of carbonyl (C=O) groups is 1. The summed E-state index contributed by atoms with van der Waals surface area (Å²) in [4.78, 5) is 14.5. The average Bonchev–Trinajstić information content (AvgIpc) is 2.93. The largest absolute Gasteiger partial charge is 0.484 e. The third-order valence-corrected chi connectivity index (χ3v) is 2.54. The van der Waals surface area contributed by atoms with Crippen LogP contribution in [0.5, 0.6) is 5.75 Å². The summed E-state index contributed by atoms with van der Waals surface area (Å²) in [5.41, 5.74) is -0.968. The molecular formula is C12H8F6N4O2. The molecule has 2 N–H and O–H groups in total. The standard InChI is InChI=1S/C12H8F6N4O2/c13-11(14,15)6-2-1-3-7(4-6)24-5-8(23)19-10-20-9(21-22-10)12(16,17)18/h1-4H,5H2,(H2,19,20,21,22,23). The van der Waals surface area contributed by atoms with Crippen LogP contribution in [0.25, 0.3) is 0 Å². The number of halogens is 6. The van der Waals surface area contributed by atoms with Gasteiger partial charge < -0.3 is 4.74 Å². The van der Waals surface area contributed by atoms with Crippen molar-refractivity contribution in [3.05, 3.63) is 35.7 Å². The molecule has 0 unspecified atom stereocenters. The highest BCUT2D eigenvalue weighted by molar-refractivity contribution is 5.90. The number of carbonyl (C=O) groups excluding carboxylic acids is 1. The molecule has 24 heavy (non-hydrogen) atoms. The van der Waals surface area contributed by atoms with Crippen LogP contribution in [0.15, 0.2) is 24.3 Å². The predicted octanol–water partition coefficient (Wildman–Crippen LogP) is 2.86. The first-order chi connectivity index (χ1) is 11.1. The fourth-order valence-electron chi connectivity index (χ4n) is 1.52. The number of aromatic nitrogens is 3. The van der Waals surface area contributed by atoms with Crippen LogP contribution in [-0.2, 0) is 17.1 Å². The Labute approximate surface area is 129 Å². The number of alkyl halides is 6. The van der Waals surface area contributed by atoms with Crippen molar-refractivity contribution in [2.24, 2.45) is 0 Å². The lowest BCUT2D eigenvalue weighted by Gasteiger charge is -2.09. The highest BCUT2D eigenvalue weighted by atomic mass is 19.4. The molecule has 0 aliphatic heterocycles. The van der Waals surface area contributed by atoms with E-state index in [1.54, 1.807) is 5.10 Å². The van der Waals surface area contributed by atoms with Crippen molar-refractivity contribution < 1.29 is 35.9 Å². The molecule has 0 saturated carbocycles. The predicted molar refractivity (Wildman–Crippen MR) is 67.0 cm³/mol. The zero-order valence-corrected chi connectivity index (χ0v) is 11.5. The summed E-state index contributed by atoms with van der Waals surface area (Å²) in [6.45, 7) is -0.739. The zero-order valence-electron chi connectivity index (χ0n) is 11.5. The van der Waals surface area contributed by atoms with Crippen LogP contribution in [0, 0.1) is 0 Å². The summed E-state index contributed by atoms with van der Waals surface area (Å²) in [6.07, 6.45) is -9.33. The second-order valence-electron chi connectivity index (χ2n) is 4.37. The van der Waals surface area contributed by atoms with E-state index >= 15 is 0 Å². The number of H-pyrrole nitrogens is 1. The van der Waals surface area contributed by atoms with Crippen molar-refractivity contribution in [2.75, 3.05) is 11.9 Å². The number of anilines is 1. The van der Waals surface area contributed by atoms with Gasteiger partial charge in [-0.15, -0.1) is 5.10 Å². The number of nitrogens with one attached hydrogen (secondary N) is 2. The van der Waals surface area contributed by atoms with Crippen molar-refractivity contribution in [1.29, 1.82) is 0 Å². The fraction of sp³-hybridized carbons (Fsp3) is 0.250. The van der Waals surface area contributed by atoms with Gasteiger partial charge in [0.2, 0.25) is 11.8 Å². The van der Waals surface area contributed by atoms with Gasteiger partial charge in [0.1, 0.15) is 5.75 Å². The van der Waals surface area contributed by atoms with Crippen molar-refractivity contribution >= 4 is 11.9 Å². The molecule has 0 atom stereocenters. The number of hydrogen-bond acceptors (Lipinski definition) is 4. The Morgan fingerprint density at radius 2 is 1.88 bits per heavy atom. The topological polar surface area (TPSA) is 79.9 Å². The second kappa shape index (κ2) is 6.37. The minimum absolute atomic E-state index is 0.231. The van der Waals surface area contributed by atoms with E-state index in [0.717, 1.165) is 12.1 Å². The lowest BCUT2D eigenvalue weighted by atomic mass is 10.2. The monoisotopic (exact) mass is 354 g/mol. The van der Waals surface area contributed by atoms with E-state index in [0.29, 0.717) is 6.07 Å². The van der Waals surface area contributed by atoms with Gasteiger partial charge in [0.05, 0.1) is 5.56 Å². The first kappa shape index (κ1) is 17.6. The molecular weight excluding hydrogens is 346 g/mol. The molecule has 6 nitrogen and oxygen atoms in total. The Kier molecular flexibility index (Phi) is 4.66. The van der Waals surface area contributed by atoms with Gasteiger partial charge in [0, 0.05) is 0 Å². The molecule has 1 heterocycles. The maximum Gasteiger partial charge on any atom is 0.451 e. The van der Waals surface area contributed by atoms with Crippen molar-refractivity contribution in [3.8, 4) is 5.75 Å². The normalized spacial score (nSPS) is 12.1. The third-order valence-electron chi connectivity index (χ3n) is 2.54. The summed E-state index contributed by atoms with van der Waals surface area (Å²) < 4.78 is 79.2. The van der Waals surface area contributed by atoms with Gasteiger partial charge in [-0.3, -0.25) is 15.2 Å². The number of benzene rings is 1. The van der Waals surface area contributed by atoms with Crippen LogP contribution in [0.1, 0.15) is 11.4 Å². The molecule has 1 aromatic heterocycles. The highest BCUT2D eigenvalue weighted by Gasteiger charge is 2.35. The SMILES string of the molecule is O=C(COc1cccc(C(F)(F)F)c1)Nc1n[nH]c(C(F)(F)F)n1. The molecule has 0 fully saturated rings. The molecule has 1 amide bonds. The lowest BCUT2D eigenvalue weighted by Crippen LogP contribution is -2.21. The number of hydrogen-bond donors (Lipinski definition) is 2. The number of aromatic amines is 1. The molecule has 0 spiro atoms. The highest BCUT2D eigenvalue weighted by Crippen LogP contribution is 2.31. The maximum atomic E-state index is 12.5. The number of nitrogens with zero attached hydrogens (tertiary/aromatic N) is 2. The van der Waals surface area contributed by atoms with E-state index in [4.69, 9.17) is 4.74 Å². The Balaban J connectivity index is 1.93. The van der Waals surface area contributed by atoms with Crippen LogP contribution < -0.4 is 10.1 Å². The molecule has 2 rings (SSSR count). The minimum atomic E-state index is -4.76. The molecule has 0 aliphatic carbocycles. The van der Waals surface area contributed by atoms with Crippen LogP contribution in [0.4, 0.5) is 32.3 Å². The molecule has 1 aromatic carbocycles. The summed E-state index contributed by atoms with van der Waals surface area (Å²) in [7, 11) is 0. The van der Waals surface area contributed by atoms with E-state index in [9.17, 15) is 31.1 Å². The smallest absolute Gasteiger partial charge is 0.451 e. The first-order valence-corrected chi connectivity index (χ1v) is 6.15. The second-order valence-corrected chi connectivity index (χ2v) is 4.37. The van der Waals surface area contributed by atoms with Crippen molar-refractivity contribution in [3.63, 3.8) is 0 Å². The van der Waals surface area contributed by atoms with Gasteiger partial charge in [0.25, 0.3) is 5.91 Å². The van der Waals surface area contributed by atoms with Crippen LogP contribution in [0.3, 0.4) is 0 Å². The summed E-state index contributed by atoms with van der Waals surface area (Å²) >= 11 is 0. The Morgan fingerprint density at radius 3 is 2.46 bits per heavy atom. The molecule has 0 radical (unpaired) electrons. The van der Waals surface area contributed by atoms with Crippen LogP contribution >= 0.6 is 0 Å². The van der Waals surface area contributed by atoms with Crippen LogP contribution in [0.2, 0.25) is 0 Å². The molecule has 130 valence electrons. The lowest BCUT2D eigenvalue weighted by molar-refractivity contribution is -0.144. The molecule has 0 saturated heterocycles. The van der Waals surface area contributed by atoms with Gasteiger partial charge in [-0.2, -0.15) is 31.3 Å². The van der Waals surface area contributed by atoms with Crippen molar-refractivity contribution in [1.82, 2.24) is 15.2 Å². The van der Waals surface area contributed by atoms with Crippen LogP contribution in [-0.4, -0.2) is 27.7 Å². The molecule has 12 heteroatoms. The quantitative estimate of drug-likeness (QED) is 0.828. The Morgan fingerprint density at radius 1 is 1.17 bits per heavy atom. The Bertz CT molecular complexity index is 725. The van der Waals surface area contributed by atoms with E-state index < -0.39 is 42.2 Å². The molecule has 2 aromatic rings. The van der Waals surface area contributed by atoms with Gasteiger partial charge in [-0.1, -0.05) is 6.07 Å². The summed E-state index contributed by atoms with van der Waals surface area (Å²) in [6, 6.07) is 3.78. The number of amides is 1. The third kappa shape index (κ3) is 4.60. The van der Waals surface area contributed by atoms with Crippen molar-refractivity contribution in [2.45, 2.75) is 12.4 Å². The summed E-state index contributed by atoms with van der Waals surface area (Å²) in [5.74, 6) is -3.22. The Hall–Kier alpha value is -2.79. The number of rotatable bonds is 4. The first-order valence-electron chi connectivity index (χ1n) is 6.15. The van der Waals surface area contributed by atoms with E-state index in [1.807, 2.05) is 5.32 Å². The number of ether oxygens (including phenoxy) is 1. The maximum absolute atomic E-state index is 12.5. The molecule has 0 bridgehead atoms. The van der Waals surface area contributed by atoms with E-state index in [-0.39, 0.29) is 5.75 Å². The van der Waals surface area contributed by atoms with Gasteiger partial charge in [0.15, 0.2) is 6.61 Å². The minimum Gasteiger partial charge on any atom is -0.484 e. The van der Waals surface area contributed by atoms with Gasteiger partial charge in [-0.05, 0) is 18.2 Å². The summed E-state index contributed by atoms with van der Waals surface area (Å²) in [5, 5.41) is 6.62. The fourth-order valence-corrected chi connectivity index (χ4v) is 1.52. The zero-order chi connectivity index (χ0) is 18.0. The molecule has 0 aliphatic rings. The van der Waals surface area contributed by atoms with Gasteiger partial charge >= 0.3 is 12.4 Å². The van der Waals surface area contributed by atoms with E-state index in [1.165, 1.54) is 6.07 Å².